The van der Waals surface area contributed by atoms with Gasteiger partial charge in [-0.3, -0.25) is 0 Å². The van der Waals surface area contributed by atoms with Crippen molar-refractivity contribution in [3.8, 4) is 5.75 Å². The van der Waals surface area contributed by atoms with Crippen molar-refractivity contribution in [2.45, 2.75) is 11.3 Å². The van der Waals surface area contributed by atoms with E-state index in [-0.39, 0.29) is 10.9 Å². The topological polar surface area (TPSA) is 56.3 Å². The van der Waals surface area contributed by atoms with Crippen LogP contribution in [0, 0.1) is 0 Å². The van der Waals surface area contributed by atoms with Gasteiger partial charge in [0.15, 0.2) is 4.90 Å². The van der Waals surface area contributed by atoms with Crippen LogP contribution in [0.2, 0.25) is 5.15 Å². The molecule has 0 fully saturated rings. The lowest BCUT2D eigenvalue weighted by molar-refractivity contribution is 0.141. The third kappa shape index (κ3) is 2.72. The van der Waals surface area contributed by atoms with Gasteiger partial charge in [-0.05, 0) is 0 Å². The fourth-order valence-corrected chi connectivity index (χ4v) is 2.47. The summed E-state index contributed by atoms with van der Waals surface area (Å²) in [6.45, 7) is 0. The van der Waals surface area contributed by atoms with Gasteiger partial charge in [-0.1, -0.05) is 11.6 Å². The molecule has 1 aromatic heterocycles. The number of alkyl halides is 2. The molecule has 0 unspecified atom stereocenters. The lowest BCUT2D eigenvalue weighted by Crippen LogP contribution is -2.05. The first-order chi connectivity index (χ1) is 7.27. The Balaban J connectivity index is 3.65. The molecule has 0 N–H and O–H groups in total. The molecule has 90 valence electrons. The summed E-state index contributed by atoms with van der Waals surface area (Å²) in [5.74, 6) is -0.370. The Labute approximate surface area is 99.6 Å². The van der Waals surface area contributed by atoms with Crippen molar-refractivity contribution < 1.29 is 21.9 Å². The zero-order valence-corrected chi connectivity index (χ0v) is 10.1. The van der Waals surface area contributed by atoms with E-state index in [1.165, 1.54) is 0 Å². The molecular weight excluding hydrogens is 287 g/mol. The summed E-state index contributed by atoms with van der Waals surface area (Å²) in [7, 11) is 1.73. The van der Waals surface area contributed by atoms with Crippen LogP contribution in [-0.2, 0) is 9.05 Å². The minimum absolute atomic E-state index is 0.309. The molecule has 16 heavy (non-hydrogen) atoms. The number of hydrogen-bond donors (Lipinski definition) is 0. The van der Waals surface area contributed by atoms with E-state index in [0.717, 1.165) is 13.2 Å². The maximum absolute atomic E-state index is 12.6. The lowest BCUT2D eigenvalue weighted by Gasteiger charge is -2.10. The summed E-state index contributed by atoms with van der Waals surface area (Å²) in [5, 5.41) is -0.309. The molecule has 0 atom stereocenters. The average molecular weight is 292 g/mol. The van der Waals surface area contributed by atoms with Crippen molar-refractivity contribution in [2.75, 3.05) is 7.11 Å². The molecule has 0 amide bonds. The molecule has 0 aromatic carbocycles. The molecule has 1 heterocycles. The maximum Gasteiger partial charge on any atom is 0.281 e. The van der Waals surface area contributed by atoms with Gasteiger partial charge in [-0.2, -0.15) is 0 Å². The fraction of sp³-hybridized carbons (Fsp3) is 0.286. The molecule has 0 saturated carbocycles. The number of pyridine rings is 1. The van der Waals surface area contributed by atoms with Gasteiger partial charge in [-0.15, -0.1) is 0 Å². The summed E-state index contributed by atoms with van der Waals surface area (Å²) >= 11 is 5.43. The van der Waals surface area contributed by atoms with Crippen molar-refractivity contribution in [1.29, 1.82) is 0 Å². The number of aromatic nitrogens is 1. The van der Waals surface area contributed by atoms with Crippen LogP contribution in [0.1, 0.15) is 12.1 Å². The fourth-order valence-electron chi connectivity index (χ4n) is 1.04. The summed E-state index contributed by atoms with van der Waals surface area (Å²) < 4.78 is 52.0. The van der Waals surface area contributed by atoms with E-state index in [1.54, 1.807) is 0 Å². The number of ether oxygens (including phenoxy) is 1. The quantitative estimate of drug-likeness (QED) is 0.634. The lowest BCUT2D eigenvalue weighted by atomic mass is 10.3. The van der Waals surface area contributed by atoms with Crippen LogP contribution in [-0.4, -0.2) is 20.5 Å². The molecule has 4 nitrogen and oxygen atoms in total. The molecular formula is C7H5Cl2F2NO3S. The molecule has 1 aromatic rings. The van der Waals surface area contributed by atoms with E-state index in [9.17, 15) is 17.2 Å². The maximum atomic E-state index is 12.6. The van der Waals surface area contributed by atoms with E-state index >= 15 is 0 Å². The van der Waals surface area contributed by atoms with Crippen LogP contribution in [0.5, 0.6) is 5.75 Å². The highest BCUT2D eigenvalue weighted by molar-refractivity contribution is 8.13. The average Bonchev–Trinajstić information content (AvgIpc) is 2.14. The smallest absolute Gasteiger partial charge is 0.281 e. The zero-order chi connectivity index (χ0) is 12.5. The number of rotatable bonds is 3. The van der Waals surface area contributed by atoms with E-state index in [2.05, 4.69) is 9.72 Å². The highest BCUT2D eigenvalue weighted by atomic mass is 35.7. The Morgan fingerprint density at radius 2 is 2.06 bits per heavy atom. The highest BCUT2D eigenvalue weighted by Gasteiger charge is 2.28. The zero-order valence-electron chi connectivity index (χ0n) is 7.75. The predicted octanol–water partition coefficient (Wildman–Crippen LogP) is 2.61. The third-order valence-electron chi connectivity index (χ3n) is 1.60. The van der Waals surface area contributed by atoms with Crippen LogP contribution in [0.25, 0.3) is 0 Å². The summed E-state index contributed by atoms with van der Waals surface area (Å²) in [4.78, 5) is 2.35. The minimum atomic E-state index is -4.39. The number of methoxy groups -OCH3 is 1. The first-order valence-electron chi connectivity index (χ1n) is 3.74. The number of halogens is 4. The number of nitrogens with zero attached hydrogens (tertiary/aromatic N) is 1. The summed E-state index contributed by atoms with van der Waals surface area (Å²) in [6.07, 6.45) is -3.13. The van der Waals surface area contributed by atoms with Gasteiger partial charge < -0.3 is 4.74 Å². The Bertz CT molecular complexity index is 507. The highest BCUT2D eigenvalue weighted by Crippen LogP contribution is 2.36. The normalized spacial score (nSPS) is 11.9. The van der Waals surface area contributed by atoms with E-state index in [4.69, 9.17) is 22.3 Å². The second kappa shape index (κ2) is 4.68. The van der Waals surface area contributed by atoms with Gasteiger partial charge in [0, 0.05) is 16.7 Å². The number of hydrogen-bond acceptors (Lipinski definition) is 4. The van der Waals surface area contributed by atoms with Crippen molar-refractivity contribution in [1.82, 2.24) is 4.98 Å². The molecule has 9 heteroatoms. The van der Waals surface area contributed by atoms with Crippen molar-refractivity contribution >= 4 is 31.3 Å². The van der Waals surface area contributed by atoms with Crippen LogP contribution < -0.4 is 4.74 Å². The van der Waals surface area contributed by atoms with Crippen LogP contribution in [0.3, 0.4) is 0 Å². The molecule has 1 rings (SSSR count). The Morgan fingerprint density at radius 1 is 1.50 bits per heavy atom. The van der Waals surface area contributed by atoms with E-state index in [0.29, 0.717) is 0 Å². The van der Waals surface area contributed by atoms with Gasteiger partial charge in [-0.25, -0.2) is 22.2 Å². The molecule has 0 spiro atoms. The van der Waals surface area contributed by atoms with E-state index < -0.39 is 26.1 Å². The summed E-state index contributed by atoms with van der Waals surface area (Å²) in [5.41, 5.74) is -1.03. The van der Waals surface area contributed by atoms with Crippen LogP contribution in [0.15, 0.2) is 11.0 Å². The first kappa shape index (κ1) is 13.4. The van der Waals surface area contributed by atoms with Crippen molar-refractivity contribution in [3.63, 3.8) is 0 Å². The predicted molar refractivity (Wildman–Crippen MR) is 53.8 cm³/mol. The van der Waals surface area contributed by atoms with Crippen molar-refractivity contribution in [2.24, 2.45) is 0 Å². The van der Waals surface area contributed by atoms with Crippen molar-refractivity contribution in [3.05, 3.63) is 16.9 Å². The molecule has 0 radical (unpaired) electrons. The third-order valence-corrected chi connectivity index (χ3v) is 3.16. The van der Waals surface area contributed by atoms with Gasteiger partial charge in [0.1, 0.15) is 16.6 Å². The molecule has 0 aliphatic carbocycles. The largest absolute Gasteiger partial charge is 0.495 e. The second-order valence-electron chi connectivity index (χ2n) is 2.60. The van der Waals surface area contributed by atoms with E-state index in [1.807, 2.05) is 0 Å². The van der Waals surface area contributed by atoms with Crippen LogP contribution in [0.4, 0.5) is 8.78 Å². The van der Waals surface area contributed by atoms with Crippen LogP contribution >= 0.6 is 22.3 Å². The van der Waals surface area contributed by atoms with Gasteiger partial charge in [0.25, 0.3) is 15.5 Å². The molecule has 0 aliphatic heterocycles. The minimum Gasteiger partial charge on any atom is -0.495 e. The molecule has 0 bridgehead atoms. The first-order valence-corrected chi connectivity index (χ1v) is 6.43. The van der Waals surface area contributed by atoms with Gasteiger partial charge in [0.05, 0.1) is 7.11 Å². The molecule has 0 saturated heterocycles. The monoisotopic (exact) mass is 291 g/mol. The summed E-state index contributed by atoms with van der Waals surface area (Å²) in [6, 6.07) is 0.989. The molecule has 0 aliphatic rings. The Hall–Kier alpha value is -0.660. The standard InChI is InChI=1S/C7H5Cl2F2NO3S/c1-15-3-2-4(8)12-5(7(10)11)6(3)16(9,13)14/h2,7H,1H3. The van der Waals surface area contributed by atoms with Gasteiger partial charge >= 0.3 is 0 Å². The second-order valence-corrected chi connectivity index (χ2v) is 5.49. The van der Waals surface area contributed by atoms with Gasteiger partial charge in [0.2, 0.25) is 0 Å². The SMILES string of the molecule is COc1cc(Cl)nc(C(F)F)c1S(=O)(=O)Cl. The Kier molecular flexibility index (Phi) is 3.92. The Morgan fingerprint density at radius 3 is 2.44 bits per heavy atom.